The molecule has 4 aromatic carbocycles. The number of fused-ring (bicyclic) bond motifs is 3. The fourth-order valence-electron chi connectivity index (χ4n) is 3.84. The van der Waals surface area contributed by atoms with Gasteiger partial charge in [0.2, 0.25) is 0 Å². The largest absolute Gasteiger partial charge is 0.489 e. The molecular formula is C24H17BO3. The van der Waals surface area contributed by atoms with Crippen LogP contribution >= 0.6 is 0 Å². The van der Waals surface area contributed by atoms with E-state index in [0.717, 1.165) is 38.6 Å². The molecule has 134 valence electrons. The van der Waals surface area contributed by atoms with Crippen LogP contribution in [-0.4, -0.2) is 17.2 Å². The van der Waals surface area contributed by atoms with E-state index in [0.29, 0.717) is 11.0 Å². The van der Waals surface area contributed by atoms with Gasteiger partial charge in [-0.1, -0.05) is 72.8 Å². The zero-order valence-corrected chi connectivity index (χ0v) is 15.0. The average molecular weight is 364 g/mol. The quantitative estimate of drug-likeness (QED) is 0.460. The van der Waals surface area contributed by atoms with Crippen LogP contribution in [-0.2, 0) is 0 Å². The van der Waals surface area contributed by atoms with Crippen molar-refractivity contribution < 1.29 is 14.5 Å². The number of rotatable bonds is 3. The van der Waals surface area contributed by atoms with Crippen LogP contribution in [0, 0.1) is 0 Å². The number of benzene rings is 4. The Morgan fingerprint density at radius 3 is 2.07 bits per heavy atom. The molecule has 2 N–H and O–H groups in total. The minimum absolute atomic E-state index is 0.452. The normalized spacial score (nSPS) is 11.2. The Morgan fingerprint density at radius 1 is 0.607 bits per heavy atom. The maximum atomic E-state index is 9.71. The molecule has 0 amide bonds. The van der Waals surface area contributed by atoms with E-state index < -0.39 is 7.12 Å². The Balaban J connectivity index is 1.72. The Bertz CT molecular complexity index is 1290. The fourth-order valence-corrected chi connectivity index (χ4v) is 3.84. The zero-order valence-electron chi connectivity index (χ0n) is 15.0. The molecule has 0 spiro atoms. The zero-order chi connectivity index (χ0) is 19.1. The lowest BCUT2D eigenvalue weighted by molar-refractivity contribution is 0.426. The average Bonchev–Trinajstić information content (AvgIpc) is 3.12. The Morgan fingerprint density at radius 2 is 1.32 bits per heavy atom. The van der Waals surface area contributed by atoms with Crippen molar-refractivity contribution in [3.8, 4) is 22.3 Å². The van der Waals surface area contributed by atoms with Crippen LogP contribution in [0.15, 0.2) is 95.4 Å². The summed E-state index contributed by atoms with van der Waals surface area (Å²) in [6.07, 6.45) is 0. The van der Waals surface area contributed by atoms with Gasteiger partial charge in [0, 0.05) is 10.8 Å². The van der Waals surface area contributed by atoms with Gasteiger partial charge in [-0.15, -0.1) is 0 Å². The summed E-state index contributed by atoms with van der Waals surface area (Å²) in [6.45, 7) is 0. The molecule has 0 saturated carbocycles. The van der Waals surface area contributed by atoms with E-state index in [1.165, 1.54) is 0 Å². The van der Waals surface area contributed by atoms with Crippen LogP contribution < -0.4 is 5.46 Å². The van der Waals surface area contributed by atoms with Crippen molar-refractivity contribution in [2.45, 2.75) is 0 Å². The molecule has 28 heavy (non-hydrogen) atoms. The van der Waals surface area contributed by atoms with Crippen molar-refractivity contribution in [1.82, 2.24) is 0 Å². The second kappa shape index (κ2) is 6.68. The van der Waals surface area contributed by atoms with Crippen LogP contribution in [0.5, 0.6) is 0 Å². The summed E-state index contributed by atoms with van der Waals surface area (Å²) in [7, 11) is -1.54. The first-order valence-electron chi connectivity index (χ1n) is 9.18. The number of furan rings is 1. The second-order valence-corrected chi connectivity index (χ2v) is 6.82. The molecule has 0 bridgehead atoms. The van der Waals surface area contributed by atoms with Crippen molar-refractivity contribution in [3.05, 3.63) is 91.0 Å². The van der Waals surface area contributed by atoms with Gasteiger partial charge in [0.1, 0.15) is 11.2 Å². The summed E-state index contributed by atoms with van der Waals surface area (Å²) in [6, 6.07) is 30.0. The summed E-state index contributed by atoms with van der Waals surface area (Å²) in [5.41, 5.74) is 6.32. The van der Waals surface area contributed by atoms with Gasteiger partial charge in [-0.3, -0.25) is 0 Å². The minimum atomic E-state index is -1.54. The number of hydrogen-bond acceptors (Lipinski definition) is 3. The molecule has 4 heteroatoms. The topological polar surface area (TPSA) is 53.6 Å². The Kier molecular flexibility index (Phi) is 4.01. The molecule has 0 aliphatic carbocycles. The van der Waals surface area contributed by atoms with Crippen molar-refractivity contribution in [1.29, 1.82) is 0 Å². The molecule has 0 unspecified atom stereocenters. The van der Waals surface area contributed by atoms with E-state index in [-0.39, 0.29) is 0 Å². The highest BCUT2D eigenvalue weighted by molar-refractivity contribution is 6.62. The Hall–Kier alpha value is -3.34. The lowest BCUT2D eigenvalue weighted by Gasteiger charge is -2.10. The molecule has 1 aromatic heterocycles. The van der Waals surface area contributed by atoms with E-state index >= 15 is 0 Å². The van der Waals surface area contributed by atoms with Crippen LogP contribution in [0.4, 0.5) is 0 Å². The first-order chi connectivity index (χ1) is 13.7. The van der Waals surface area contributed by atoms with Gasteiger partial charge in [0.05, 0.1) is 0 Å². The maximum Gasteiger partial charge on any atom is 0.489 e. The summed E-state index contributed by atoms with van der Waals surface area (Å²) in [5.74, 6) is 0. The standard InChI is InChI=1S/C24H17BO3/c26-25(27)21-11-6-12-22-24(21)20-14-13-17(15-23(20)28-22)19-10-5-4-9-18(19)16-7-2-1-3-8-16/h1-15,26-27H. The van der Waals surface area contributed by atoms with Crippen LogP contribution in [0.3, 0.4) is 0 Å². The molecule has 5 aromatic rings. The first kappa shape index (κ1) is 16.8. The maximum absolute atomic E-state index is 9.71. The van der Waals surface area contributed by atoms with Crippen LogP contribution in [0.25, 0.3) is 44.2 Å². The molecule has 0 fully saturated rings. The summed E-state index contributed by atoms with van der Waals surface area (Å²) in [4.78, 5) is 0. The van der Waals surface area contributed by atoms with Gasteiger partial charge < -0.3 is 14.5 Å². The molecule has 0 radical (unpaired) electrons. The molecule has 0 aliphatic rings. The van der Waals surface area contributed by atoms with Gasteiger partial charge in [0.15, 0.2) is 0 Å². The SMILES string of the molecule is OB(O)c1cccc2oc3cc(-c4ccccc4-c4ccccc4)ccc3c12. The van der Waals surface area contributed by atoms with E-state index in [1.54, 1.807) is 12.1 Å². The van der Waals surface area contributed by atoms with Crippen molar-refractivity contribution in [2.75, 3.05) is 0 Å². The van der Waals surface area contributed by atoms with E-state index in [9.17, 15) is 10.0 Å². The lowest BCUT2D eigenvalue weighted by Crippen LogP contribution is -2.30. The van der Waals surface area contributed by atoms with E-state index in [1.807, 2.05) is 48.5 Å². The van der Waals surface area contributed by atoms with Crippen molar-refractivity contribution in [2.24, 2.45) is 0 Å². The monoisotopic (exact) mass is 364 g/mol. The van der Waals surface area contributed by atoms with Gasteiger partial charge in [-0.05, 0) is 45.9 Å². The molecule has 5 rings (SSSR count). The van der Waals surface area contributed by atoms with E-state index in [2.05, 4.69) is 30.3 Å². The van der Waals surface area contributed by atoms with Crippen molar-refractivity contribution in [3.63, 3.8) is 0 Å². The molecule has 0 saturated heterocycles. The highest BCUT2D eigenvalue weighted by atomic mass is 16.4. The predicted molar refractivity (Wildman–Crippen MR) is 114 cm³/mol. The molecular weight excluding hydrogens is 347 g/mol. The predicted octanol–water partition coefficient (Wildman–Crippen LogP) is 4.60. The van der Waals surface area contributed by atoms with Gasteiger partial charge >= 0.3 is 7.12 Å². The summed E-state index contributed by atoms with van der Waals surface area (Å²) < 4.78 is 6.03. The van der Waals surface area contributed by atoms with Gasteiger partial charge in [0.25, 0.3) is 0 Å². The van der Waals surface area contributed by atoms with E-state index in [4.69, 9.17) is 4.42 Å². The first-order valence-corrected chi connectivity index (χ1v) is 9.18. The second-order valence-electron chi connectivity index (χ2n) is 6.82. The number of hydrogen-bond donors (Lipinski definition) is 2. The third-order valence-corrected chi connectivity index (χ3v) is 5.13. The summed E-state index contributed by atoms with van der Waals surface area (Å²) >= 11 is 0. The molecule has 1 heterocycles. The van der Waals surface area contributed by atoms with Crippen LogP contribution in [0.1, 0.15) is 0 Å². The summed E-state index contributed by atoms with van der Waals surface area (Å²) in [5, 5.41) is 21.0. The van der Waals surface area contributed by atoms with Gasteiger partial charge in [-0.2, -0.15) is 0 Å². The highest BCUT2D eigenvalue weighted by Crippen LogP contribution is 2.35. The van der Waals surface area contributed by atoms with Crippen molar-refractivity contribution >= 4 is 34.5 Å². The Labute approximate surface area is 162 Å². The minimum Gasteiger partial charge on any atom is -0.456 e. The third-order valence-electron chi connectivity index (χ3n) is 5.13. The molecule has 0 aliphatic heterocycles. The molecule has 0 atom stereocenters. The fraction of sp³-hybridized carbons (Fsp3) is 0. The smallest absolute Gasteiger partial charge is 0.456 e. The molecule has 3 nitrogen and oxygen atoms in total. The third kappa shape index (κ3) is 2.71. The van der Waals surface area contributed by atoms with Gasteiger partial charge in [-0.25, -0.2) is 0 Å². The highest BCUT2D eigenvalue weighted by Gasteiger charge is 2.19. The van der Waals surface area contributed by atoms with Crippen LogP contribution in [0.2, 0.25) is 0 Å². The lowest BCUT2D eigenvalue weighted by atomic mass is 9.77.